The summed E-state index contributed by atoms with van der Waals surface area (Å²) in [5, 5.41) is 2.90. The monoisotopic (exact) mass is 548 g/mol. The molecule has 1 saturated carbocycles. The van der Waals surface area contributed by atoms with E-state index in [1.807, 2.05) is 0 Å². The summed E-state index contributed by atoms with van der Waals surface area (Å²) in [5.74, 6) is 0.290. The molecule has 0 spiro atoms. The predicted octanol–water partition coefficient (Wildman–Crippen LogP) is -0.0531. The van der Waals surface area contributed by atoms with Crippen molar-refractivity contribution >= 4 is 25.8 Å². The first-order chi connectivity index (χ1) is 14.9. The van der Waals surface area contributed by atoms with E-state index in [2.05, 4.69) is 94.4 Å². The molecule has 2 aliphatic rings. The first kappa shape index (κ1) is 35.1. The normalized spacial score (nSPS) is 16.7. The van der Waals surface area contributed by atoms with Crippen LogP contribution in [0.3, 0.4) is 0 Å². The third kappa shape index (κ3) is 12.6. The van der Waals surface area contributed by atoms with Crippen molar-refractivity contribution in [3.63, 3.8) is 0 Å². The Hall–Kier alpha value is -1.10. The first-order valence-corrected chi connectivity index (χ1v) is 12.5. The molecule has 0 heterocycles. The van der Waals surface area contributed by atoms with Crippen LogP contribution < -0.4 is 35.2 Å². The Labute approximate surface area is 236 Å². The number of benzene rings is 2. The van der Waals surface area contributed by atoms with Crippen molar-refractivity contribution in [2.75, 3.05) is 0 Å². The summed E-state index contributed by atoms with van der Waals surface area (Å²) in [4.78, 5) is 10.5. The fourth-order valence-corrected chi connectivity index (χ4v) is 5.03. The summed E-state index contributed by atoms with van der Waals surface area (Å²) < 4.78 is 0. The number of allylic oxidation sites excluding steroid dienone is 4. The third-order valence-electron chi connectivity index (χ3n) is 6.14. The van der Waals surface area contributed by atoms with Crippen LogP contribution in [0.4, 0.5) is 0 Å². The standard InChI is InChI=1S/C12H11Si.C9H13.C7H13NO.2ClH.Ti/c1-3-7-11(8-4-1)13-12-9-5-2-6-10-12;1-6-5-7(2)9(4)8(6)3;8-7(9)6-4-2-1-3-5-6;;;/h1-10,13H;6H,1-4H3;6H,1-5H2,(H2,8,9);2*1H;/q;-1;;;;+4/p-3. The molecule has 0 bridgehead atoms. The summed E-state index contributed by atoms with van der Waals surface area (Å²) in [6, 6.07) is 21.3. The van der Waals surface area contributed by atoms with E-state index in [1.165, 1.54) is 33.5 Å². The number of nitrogens with one attached hydrogen (secondary N) is 1. The van der Waals surface area contributed by atoms with Gasteiger partial charge in [0.2, 0.25) is 0 Å². The number of amides is 1. The van der Waals surface area contributed by atoms with Crippen molar-refractivity contribution < 1.29 is 51.3 Å². The Morgan fingerprint density at radius 1 is 0.853 bits per heavy atom. The number of carbonyl (C=O) groups is 1. The summed E-state index contributed by atoms with van der Waals surface area (Å²) >= 11 is 0. The Morgan fingerprint density at radius 2 is 1.29 bits per heavy atom. The van der Waals surface area contributed by atoms with Gasteiger partial charge < -0.3 is 35.3 Å². The molecular weight excluding hydrogens is 513 g/mol. The van der Waals surface area contributed by atoms with E-state index in [-0.39, 0.29) is 67.9 Å². The summed E-state index contributed by atoms with van der Waals surface area (Å²) in [6.07, 6.45) is 8.83. The van der Waals surface area contributed by atoms with Gasteiger partial charge in [-0.1, -0.05) is 117 Å². The third-order valence-corrected chi connectivity index (χ3v) is 7.58. The molecule has 0 aliphatic heterocycles. The summed E-state index contributed by atoms with van der Waals surface area (Å²) in [6.45, 7) is 8.67. The van der Waals surface area contributed by atoms with Crippen molar-refractivity contribution in [1.82, 2.24) is 0 Å². The molecule has 2 aromatic rings. The van der Waals surface area contributed by atoms with Crippen LogP contribution in [-0.4, -0.2) is 15.4 Å². The molecule has 1 fully saturated rings. The zero-order valence-corrected chi connectivity index (χ0v) is 24.9. The van der Waals surface area contributed by atoms with E-state index < -0.39 is 0 Å². The number of hydrogen-bond acceptors (Lipinski definition) is 1. The van der Waals surface area contributed by atoms with Crippen LogP contribution in [-0.2, 0) is 26.5 Å². The maximum Gasteiger partial charge on any atom is 4.00 e. The number of halogens is 2. The molecule has 1 atom stereocenters. The van der Waals surface area contributed by atoms with E-state index in [1.54, 1.807) is 0 Å². The molecule has 34 heavy (non-hydrogen) atoms. The predicted molar refractivity (Wildman–Crippen MR) is 135 cm³/mol. The van der Waals surface area contributed by atoms with Crippen molar-refractivity contribution in [1.29, 1.82) is 0 Å². The number of hydrogen-bond donors (Lipinski definition) is 0. The minimum atomic E-state index is -0.352. The molecule has 2 aliphatic carbocycles. The zero-order chi connectivity index (χ0) is 22.6. The van der Waals surface area contributed by atoms with E-state index in [0.717, 1.165) is 25.7 Å². The smallest absolute Gasteiger partial charge is 1.00 e. The van der Waals surface area contributed by atoms with Gasteiger partial charge in [0.05, 0.1) is 5.91 Å². The van der Waals surface area contributed by atoms with Crippen LogP contribution in [0.5, 0.6) is 0 Å². The second-order valence-corrected chi connectivity index (χ2v) is 10.1. The van der Waals surface area contributed by atoms with Gasteiger partial charge in [-0.25, -0.2) is 5.57 Å². The van der Waals surface area contributed by atoms with Crippen molar-refractivity contribution in [2.24, 2.45) is 11.8 Å². The van der Waals surface area contributed by atoms with Gasteiger partial charge in [0.1, 0.15) is 9.52 Å². The Kier molecular flexibility index (Phi) is 19.7. The van der Waals surface area contributed by atoms with Crippen LogP contribution in [0.25, 0.3) is 5.73 Å². The molecule has 1 radical (unpaired) electrons. The summed E-state index contributed by atoms with van der Waals surface area (Å²) in [7, 11) is 0.271. The van der Waals surface area contributed by atoms with Gasteiger partial charge in [0.15, 0.2) is 0 Å². The van der Waals surface area contributed by atoms with E-state index in [0.29, 0.717) is 5.92 Å². The first-order valence-electron chi connectivity index (χ1n) is 11.4. The van der Waals surface area contributed by atoms with E-state index in [4.69, 9.17) is 5.73 Å². The largest absolute Gasteiger partial charge is 4.00 e. The quantitative estimate of drug-likeness (QED) is 0.391. The molecular formula is C28H36Cl2NOSiTi. The van der Waals surface area contributed by atoms with Crippen molar-refractivity contribution in [3.05, 3.63) is 89.2 Å². The maximum atomic E-state index is 10.5. The minimum Gasteiger partial charge on any atom is -1.00 e. The topological polar surface area (TPSA) is 40.9 Å². The summed E-state index contributed by atoms with van der Waals surface area (Å²) in [5.41, 5.74) is 11.1. The molecule has 6 heteroatoms. The average molecular weight is 549 g/mol. The van der Waals surface area contributed by atoms with Crippen LogP contribution >= 0.6 is 0 Å². The molecule has 1 unspecified atom stereocenters. The second-order valence-electron chi connectivity index (χ2n) is 8.46. The van der Waals surface area contributed by atoms with Crippen LogP contribution in [0.2, 0.25) is 0 Å². The van der Waals surface area contributed by atoms with Gasteiger partial charge in [0.25, 0.3) is 0 Å². The van der Waals surface area contributed by atoms with Crippen LogP contribution in [0.1, 0.15) is 59.8 Å². The molecule has 1 N–H and O–H groups in total. The van der Waals surface area contributed by atoms with Gasteiger partial charge in [0, 0.05) is 5.92 Å². The fraction of sp³-hybridized carbons (Fsp3) is 0.393. The molecule has 181 valence electrons. The molecule has 1 amide bonds. The van der Waals surface area contributed by atoms with Crippen molar-refractivity contribution in [2.45, 2.75) is 59.8 Å². The Bertz CT molecular complexity index is 844. The fourth-order valence-electron chi connectivity index (χ4n) is 3.82. The van der Waals surface area contributed by atoms with Crippen LogP contribution in [0, 0.1) is 17.9 Å². The van der Waals surface area contributed by atoms with E-state index in [9.17, 15) is 4.79 Å². The van der Waals surface area contributed by atoms with Gasteiger partial charge >= 0.3 is 21.7 Å². The maximum absolute atomic E-state index is 10.5. The van der Waals surface area contributed by atoms with Gasteiger partial charge in [-0.15, -0.1) is 6.92 Å². The SMILES string of the molecule is CC1=[C-]C(C)C(C)=C1C.[Cl-].[Cl-].[NH-]C(=O)C1CCCCC1.[Ti+4].c1ccc([SiH]c2ccccc2)cc1. The molecule has 2 nitrogen and oxygen atoms in total. The molecule has 0 aromatic heterocycles. The van der Waals surface area contributed by atoms with Crippen molar-refractivity contribution in [3.8, 4) is 0 Å². The van der Waals surface area contributed by atoms with Gasteiger partial charge in [-0.3, -0.25) is 6.08 Å². The Morgan fingerprint density at radius 3 is 1.56 bits per heavy atom. The second kappa shape index (κ2) is 19.1. The number of rotatable bonds is 3. The minimum absolute atomic E-state index is 0. The zero-order valence-electron chi connectivity index (χ0n) is 20.7. The number of carbonyl (C=O) groups excluding carboxylic acids is 1. The molecule has 2 aromatic carbocycles. The van der Waals surface area contributed by atoms with Gasteiger partial charge in [-0.2, -0.15) is 11.1 Å². The Balaban J connectivity index is 0. The van der Waals surface area contributed by atoms with Gasteiger partial charge in [-0.05, 0) is 12.8 Å². The average Bonchev–Trinajstić information content (AvgIpc) is 3.02. The van der Waals surface area contributed by atoms with Crippen LogP contribution in [0.15, 0.2) is 77.4 Å². The van der Waals surface area contributed by atoms with E-state index >= 15 is 0 Å². The molecule has 4 rings (SSSR count). The molecule has 0 saturated heterocycles.